The van der Waals surface area contributed by atoms with Gasteiger partial charge in [0, 0.05) is 23.5 Å². The molecule has 0 spiro atoms. The van der Waals surface area contributed by atoms with Crippen LogP contribution in [0.4, 0.5) is 4.39 Å². The lowest BCUT2D eigenvalue weighted by atomic mass is 10.0. The monoisotopic (exact) mass is 226 g/mol. The number of halogens is 1. The number of nitrogens with one attached hydrogen (secondary N) is 1. The van der Waals surface area contributed by atoms with Gasteiger partial charge < -0.3 is 4.98 Å². The molecule has 0 unspecified atom stereocenters. The zero-order valence-corrected chi connectivity index (χ0v) is 9.37. The third kappa shape index (κ3) is 1.60. The SMILES string of the molecule is Cc1nccc(-c2ccc3[nH]ccc3c2)c1F. The van der Waals surface area contributed by atoms with Crippen LogP contribution in [-0.4, -0.2) is 9.97 Å². The molecule has 3 heteroatoms. The topological polar surface area (TPSA) is 28.7 Å². The van der Waals surface area contributed by atoms with Crippen LogP contribution in [0.2, 0.25) is 0 Å². The molecule has 0 bridgehead atoms. The highest BCUT2D eigenvalue weighted by Gasteiger charge is 2.08. The number of nitrogens with zero attached hydrogens (tertiary/aromatic N) is 1. The first-order valence-corrected chi connectivity index (χ1v) is 5.44. The molecule has 84 valence electrons. The molecule has 0 amide bonds. The molecule has 0 saturated heterocycles. The summed E-state index contributed by atoms with van der Waals surface area (Å²) in [7, 11) is 0. The van der Waals surface area contributed by atoms with Crippen molar-refractivity contribution in [1.29, 1.82) is 0 Å². The lowest BCUT2D eigenvalue weighted by Gasteiger charge is -2.05. The molecular weight excluding hydrogens is 215 g/mol. The van der Waals surface area contributed by atoms with Gasteiger partial charge in [-0.2, -0.15) is 0 Å². The Labute approximate surface area is 98.1 Å². The van der Waals surface area contributed by atoms with Crippen LogP contribution >= 0.6 is 0 Å². The van der Waals surface area contributed by atoms with Crippen LogP contribution in [0, 0.1) is 12.7 Å². The molecule has 0 atom stereocenters. The first-order valence-electron chi connectivity index (χ1n) is 5.44. The van der Waals surface area contributed by atoms with E-state index >= 15 is 0 Å². The number of benzene rings is 1. The highest BCUT2D eigenvalue weighted by Crippen LogP contribution is 2.26. The average molecular weight is 226 g/mol. The summed E-state index contributed by atoms with van der Waals surface area (Å²) in [4.78, 5) is 7.05. The number of rotatable bonds is 1. The average Bonchev–Trinajstić information content (AvgIpc) is 2.79. The summed E-state index contributed by atoms with van der Waals surface area (Å²) in [5.41, 5.74) is 2.96. The van der Waals surface area contributed by atoms with Crippen molar-refractivity contribution in [2.45, 2.75) is 6.92 Å². The first kappa shape index (κ1) is 10.0. The van der Waals surface area contributed by atoms with E-state index in [1.54, 1.807) is 19.2 Å². The number of H-pyrrole nitrogens is 1. The van der Waals surface area contributed by atoms with Crippen LogP contribution < -0.4 is 0 Å². The van der Waals surface area contributed by atoms with Gasteiger partial charge in [-0.1, -0.05) is 6.07 Å². The number of pyridine rings is 1. The summed E-state index contributed by atoms with van der Waals surface area (Å²) >= 11 is 0. The molecule has 0 aliphatic rings. The van der Waals surface area contributed by atoms with Crippen molar-refractivity contribution in [2.24, 2.45) is 0 Å². The van der Waals surface area contributed by atoms with Crippen LogP contribution in [0.3, 0.4) is 0 Å². The molecule has 3 rings (SSSR count). The van der Waals surface area contributed by atoms with Gasteiger partial charge in [0.2, 0.25) is 0 Å². The zero-order chi connectivity index (χ0) is 11.8. The molecule has 0 saturated carbocycles. The Bertz CT molecular complexity index is 686. The van der Waals surface area contributed by atoms with Crippen molar-refractivity contribution in [2.75, 3.05) is 0 Å². The van der Waals surface area contributed by atoms with E-state index in [0.717, 1.165) is 16.5 Å². The van der Waals surface area contributed by atoms with E-state index < -0.39 is 0 Å². The van der Waals surface area contributed by atoms with Crippen molar-refractivity contribution in [1.82, 2.24) is 9.97 Å². The Morgan fingerprint density at radius 2 is 2.06 bits per heavy atom. The quantitative estimate of drug-likeness (QED) is 0.673. The molecule has 1 N–H and O–H groups in total. The molecular formula is C14H11FN2. The van der Waals surface area contributed by atoms with Gasteiger partial charge in [-0.15, -0.1) is 0 Å². The lowest BCUT2D eigenvalue weighted by Crippen LogP contribution is -1.91. The molecule has 0 radical (unpaired) electrons. The van der Waals surface area contributed by atoms with Gasteiger partial charge in [-0.25, -0.2) is 4.39 Å². The van der Waals surface area contributed by atoms with Gasteiger partial charge in [0.15, 0.2) is 5.82 Å². The standard InChI is InChI=1S/C14H11FN2/c1-9-14(15)12(5-7-16-9)10-2-3-13-11(8-10)4-6-17-13/h2-8,17H,1H3. The van der Waals surface area contributed by atoms with E-state index in [-0.39, 0.29) is 5.82 Å². The summed E-state index contributed by atoms with van der Waals surface area (Å²) < 4.78 is 13.9. The molecule has 2 nitrogen and oxygen atoms in total. The van der Waals surface area contributed by atoms with E-state index in [9.17, 15) is 4.39 Å². The predicted molar refractivity (Wildman–Crippen MR) is 66.2 cm³/mol. The number of fused-ring (bicyclic) bond motifs is 1. The molecule has 0 fully saturated rings. The molecule has 0 aliphatic heterocycles. The van der Waals surface area contributed by atoms with E-state index in [1.807, 2.05) is 30.5 Å². The van der Waals surface area contributed by atoms with Crippen molar-refractivity contribution < 1.29 is 4.39 Å². The molecule has 0 aliphatic carbocycles. The van der Waals surface area contributed by atoms with Crippen LogP contribution in [0.15, 0.2) is 42.7 Å². The maximum atomic E-state index is 13.9. The van der Waals surface area contributed by atoms with Crippen LogP contribution in [0.25, 0.3) is 22.0 Å². The second kappa shape index (κ2) is 3.70. The number of aromatic nitrogens is 2. The lowest BCUT2D eigenvalue weighted by molar-refractivity contribution is 0.613. The van der Waals surface area contributed by atoms with Crippen LogP contribution in [-0.2, 0) is 0 Å². The molecule has 2 heterocycles. The maximum Gasteiger partial charge on any atom is 0.152 e. The fourth-order valence-electron chi connectivity index (χ4n) is 1.99. The van der Waals surface area contributed by atoms with Gasteiger partial charge in [0.25, 0.3) is 0 Å². The summed E-state index contributed by atoms with van der Waals surface area (Å²) in [5.74, 6) is -0.248. The summed E-state index contributed by atoms with van der Waals surface area (Å²) in [6.07, 6.45) is 3.51. The third-order valence-electron chi connectivity index (χ3n) is 2.93. The number of hydrogen-bond acceptors (Lipinski definition) is 1. The Morgan fingerprint density at radius 1 is 1.18 bits per heavy atom. The van der Waals surface area contributed by atoms with Gasteiger partial charge in [0.1, 0.15) is 0 Å². The second-order valence-electron chi connectivity index (χ2n) is 4.04. The normalized spacial score (nSPS) is 10.9. The molecule has 3 aromatic rings. The van der Waals surface area contributed by atoms with Gasteiger partial charge in [0.05, 0.1) is 5.69 Å². The zero-order valence-electron chi connectivity index (χ0n) is 9.37. The van der Waals surface area contributed by atoms with Crippen LogP contribution in [0.5, 0.6) is 0 Å². The minimum absolute atomic E-state index is 0.248. The van der Waals surface area contributed by atoms with E-state index in [2.05, 4.69) is 9.97 Å². The third-order valence-corrected chi connectivity index (χ3v) is 2.93. The van der Waals surface area contributed by atoms with E-state index in [1.165, 1.54) is 0 Å². The Morgan fingerprint density at radius 3 is 2.94 bits per heavy atom. The number of aromatic amines is 1. The minimum Gasteiger partial charge on any atom is -0.361 e. The van der Waals surface area contributed by atoms with Crippen molar-refractivity contribution >= 4 is 10.9 Å². The van der Waals surface area contributed by atoms with Crippen molar-refractivity contribution in [3.63, 3.8) is 0 Å². The fourth-order valence-corrected chi connectivity index (χ4v) is 1.99. The van der Waals surface area contributed by atoms with E-state index in [4.69, 9.17) is 0 Å². The first-order chi connectivity index (χ1) is 8.25. The smallest absolute Gasteiger partial charge is 0.152 e. The predicted octanol–water partition coefficient (Wildman–Crippen LogP) is 3.68. The summed E-state index contributed by atoms with van der Waals surface area (Å²) in [6, 6.07) is 9.53. The van der Waals surface area contributed by atoms with Crippen LogP contribution in [0.1, 0.15) is 5.69 Å². The largest absolute Gasteiger partial charge is 0.361 e. The number of hydrogen-bond donors (Lipinski definition) is 1. The second-order valence-corrected chi connectivity index (χ2v) is 4.04. The summed E-state index contributed by atoms with van der Waals surface area (Å²) in [6.45, 7) is 1.67. The maximum absolute atomic E-state index is 13.9. The summed E-state index contributed by atoms with van der Waals surface area (Å²) in [5, 5.41) is 1.08. The van der Waals surface area contributed by atoms with Crippen molar-refractivity contribution in [3.8, 4) is 11.1 Å². The Kier molecular flexibility index (Phi) is 2.18. The van der Waals surface area contributed by atoms with E-state index in [0.29, 0.717) is 11.3 Å². The molecule has 1 aromatic carbocycles. The molecule has 17 heavy (non-hydrogen) atoms. The Hall–Kier alpha value is -2.16. The molecule has 2 aromatic heterocycles. The van der Waals surface area contributed by atoms with Crippen molar-refractivity contribution in [3.05, 3.63) is 54.2 Å². The highest BCUT2D eigenvalue weighted by atomic mass is 19.1. The van der Waals surface area contributed by atoms with Gasteiger partial charge >= 0.3 is 0 Å². The Balaban J connectivity index is 2.23. The van der Waals surface area contributed by atoms with Gasteiger partial charge in [-0.05, 0) is 42.1 Å². The number of aryl methyl sites for hydroxylation is 1. The highest BCUT2D eigenvalue weighted by molar-refractivity contribution is 5.85. The van der Waals surface area contributed by atoms with Gasteiger partial charge in [-0.3, -0.25) is 4.98 Å². The fraction of sp³-hybridized carbons (Fsp3) is 0.0714. The minimum atomic E-state index is -0.248.